The Bertz CT molecular complexity index is 720. The second kappa shape index (κ2) is 7.94. The molecule has 0 radical (unpaired) electrons. The van der Waals surface area contributed by atoms with Crippen molar-refractivity contribution in [2.75, 3.05) is 39.8 Å². The SMILES string of the molecule is C[NH+]1CCN(C(=O)CNC(=O)c2ccc(-c3ccccc3)cc2)CC1. The lowest BCUT2D eigenvalue weighted by Crippen LogP contribution is -3.12. The first kappa shape index (κ1) is 17.2. The third kappa shape index (κ3) is 4.45. The molecule has 1 aliphatic heterocycles. The molecule has 2 aromatic rings. The molecule has 5 nitrogen and oxygen atoms in total. The van der Waals surface area contributed by atoms with Crippen LogP contribution < -0.4 is 10.2 Å². The van der Waals surface area contributed by atoms with Crippen molar-refractivity contribution in [2.45, 2.75) is 0 Å². The Balaban J connectivity index is 1.54. The Morgan fingerprint density at radius 1 is 0.960 bits per heavy atom. The number of carbonyl (C=O) groups is 2. The smallest absolute Gasteiger partial charge is 0.251 e. The van der Waals surface area contributed by atoms with E-state index in [2.05, 4.69) is 12.4 Å². The molecular formula is C20H24N3O2+. The average molecular weight is 338 g/mol. The van der Waals surface area contributed by atoms with Crippen LogP contribution in [-0.2, 0) is 4.79 Å². The maximum atomic E-state index is 12.2. The van der Waals surface area contributed by atoms with Gasteiger partial charge in [0.2, 0.25) is 5.91 Å². The summed E-state index contributed by atoms with van der Waals surface area (Å²) in [5.41, 5.74) is 2.74. The highest BCUT2D eigenvalue weighted by Crippen LogP contribution is 2.19. The van der Waals surface area contributed by atoms with E-state index in [0.717, 1.165) is 37.3 Å². The Labute approximate surface area is 148 Å². The minimum absolute atomic E-state index is 0.0123. The van der Waals surface area contributed by atoms with Crippen molar-refractivity contribution in [3.05, 3.63) is 60.2 Å². The first-order chi connectivity index (χ1) is 12.1. The molecule has 1 fully saturated rings. The van der Waals surface area contributed by atoms with Crippen LogP contribution in [0.25, 0.3) is 11.1 Å². The second-order valence-corrected chi connectivity index (χ2v) is 6.46. The van der Waals surface area contributed by atoms with Crippen LogP contribution >= 0.6 is 0 Å². The van der Waals surface area contributed by atoms with Crippen molar-refractivity contribution >= 4 is 11.8 Å². The van der Waals surface area contributed by atoms with E-state index >= 15 is 0 Å². The lowest BCUT2D eigenvalue weighted by Gasteiger charge is -2.30. The van der Waals surface area contributed by atoms with E-state index < -0.39 is 0 Å². The van der Waals surface area contributed by atoms with Crippen LogP contribution in [0.1, 0.15) is 10.4 Å². The van der Waals surface area contributed by atoms with E-state index in [-0.39, 0.29) is 18.4 Å². The summed E-state index contributed by atoms with van der Waals surface area (Å²) in [6.07, 6.45) is 0. The van der Waals surface area contributed by atoms with E-state index in [1.807, 2.05) is 47.4 Å². The molecule has 3 rings (SSSR count). The van der Waals surface area contributed by atoms with Crippen molar-refractivity contribution < 1.29 is 14.5 Å². The zero-order chi connectivity index (χ0) is 17.6. The number of quaternary nitrogens is 1. The second-order valence-electron chi connectivity index (χ2n) is 6.46. The minimum atomic E-state index is -0.215. The summed E-state index contributed by atoms with van der Waals surface area (Å²) >= 11 is 0. The van der Waals surface area contributed by atoms with Crippen molar-refractivity contribution in [1.29, 1.82) is 0 Å². The topological polar surface area (TPSA) is 53.9 Å². The highest BCUT2D eigenvalue weighted by Gasteiger charge is 2.21. The van der Waals surface area contributed by atoms with Gasteiger partial charge in [0.1, 0.15) is 0 Å². The number of rotatable bonds is 4. The van der Waals surface area contributed by atoms with Crippen LogP contribution in [0.15, 0.2) is 54.6 Å². The summed E-state index contributed by atoms with van der Waals surface area (Å²) in [6.45, 7) is 3.48. The Morgan fingerprint density at radius 2 is 1.56 bits per heavy atom. The molecule has 0 atom stereocenters. The molecule has 5 heteroatoms. The minimum Gasteiger partial charge on any atom is -0.343 e. The number of amides is 2. The van der Waals surface area contributed by atoms with E-state index in [0.29, 0.717) is 5.56 Å². The monoisotopic (exact) mass is 338 g/mol. The predicted molar refractivity (Wildman–Crippen MR) is 97.4 cm³/mol. The van der Waals surface area contributed by atoms with Crippen molar-refractivity contribution in [1.82, 2.24) is 10.2 Å². The van der Waals surface area contributed by atoms with Gasteiger partial charge in [-0.2, -0.15) is 0 Å². The standard InChI is InChI=1S/C20H23N3O2/c1-22-11-13-23(14-12-22)19(24)15-21-20(25)18-9-7-17(8-10-18)16-5-3-2-4-6-16/h2-10H,11-15H2,1H3,(H,21,25)/p+1. The first-order valence-electron chi connectivity index (χ1n) is 8.66. The summed E-state index contributed by atoms with van der Waals surface area (Å²) < 4.78 is 0. The van der Waals surface area contributed by atoms with Gasteiger partial charge in [-0.15, -0.1) is 0 Å². The highest BCUT2D eigenvalue weighted by molar-refractivity contribution is 5.96. The Hall–Kier alpha value is -2.66. The summed E-state index contributed by atoms with van der Waals surface area (Å²) in [6, 6.07) is 17.5. The number of hydrogen-bond acceptors (Lipinski definition) is 2. The predicted octanol–water partition coefficient (Wildman–Crippen LogP) is 0.440. The highest BCUT2D eigenvalue weighted by atomic mass is 16.2. The van der Waals surface area contributed by atoms with Crippen LogP contribution in [-0.4, -0.2) is 56.5 Å². The van der Waals surface area contributed by atoms with Crippen LogP contribution in [0.2, 0.25) is 0 Å². The Kier molecular flexibility index (Phi) is 5.46. The number of nitrogens with zero attached hydrogens (tertiary/aromatic N) is 1. The lowest BCUT2D eigenvalue weighted by atomic mass is 10.0. The van der Waals surface area contributed by atoms with Crippen LogP contribution in [0.4, 0.5) is 0 Å². The van der Waals surface area contributed by atoms with Gasteiger partial charge >= 0.3 is 0 Å². The Morgan fingerprint density at radius 3 is 2.20 bits per heavy atom. The molecule has 1 heterocycles. The summed E-state index contributed by atoms with van der Waals surface area (Å²) in [4.78, 5) is 27.7. The van der Waals surface area contributed by atoms with Gasteiger partial charge in [-0.05, 0) is 23.3 Å². The number of hydrogen-bond donors (Lipinski definition) is 2. The normalized spacial score (nSPS) is 15.0. The fourth-order valence-electron chi connectivity index (χ4n) is 2.95. The van der Waals surface area contributed by atoms with Gasteiger partial charge in [0.25, 0.3) is 5.91 Å². The maximum absolute atomic E-state index is 12.2. The van der Waals surface area contributed by atoms with Gasteiger partial charge in [0, 0.05) is 5.56 Å². The van der Waals surface area contributed by atoms with E-state index in [1.54, 1.807) is 12.1 Å². The van der Waals surface area contributed by atoms with Gasteiger partial charge in [-0.3, -0.25) is 9.59 Å². The van der Waals surface area contributed by atoms with Gasteiger partial charge < -0.3 is 15.1 Å². The molecule has 130 valence electrons. The van der Waals surface area contributed by atoms with Crippen molar-refractivity contribution in [3.63, 3.8) is 0 Å². The number of piperazine rings is 1. The quantitative estimate of drug-likeness (QED) is 0.850. The molecule has 2 aromatic carbocycles. The van der Waals surface area contributed by atoms with Crippen LogP contribution in [0.5, 0.6) is 0 Å². The number of benzene rings is 2. The van der Waals surface area contributed by atoms with E-state index in [1.165, 1.54) is 4.90 Å². The molecule has 0 aliphatic carbocycles. The third-order valence-corrected chi connectivity index (χ3v) is 4.62. The summed E-state index contributed by atoms with van der Waals surface area (Å²) in [5.74, 6) is -0.227. The van der Waals surface area contributed by atoms with Gasteiger partial charge in [-0.1, -0.05) is 42.5 Å². The average Bonchev–Trinajstić information content (AvgIpc) is 2.67. The zero-order valence-electron chi connectivity index (χ0n) is 14.5. The zero-order valence-corrected chi connectivity index (χ0v) is 14.5. The lowest BCUT2D eigenvalue weighted by molar-refractivity contribution is -0.883. The molecule has 0 spiro atoms. The number of nitrogens with one attached hydrogen (secondary N) is 2. The fraction of sp³-hybridized carbons (Fsp3) is 0.300. The summed E-state index contributed by atoms with van der Waals surface area (Å²) in [7, 11) is 2.13. The molecule has 25 heavy (non-hydrogen) atoms. The molecule has 2 amide bonds. The largest absolute Gasteiger partial charge is 0.343 e. The molecular weight excluding hydrogens is 314 g/mol. The van der Waals surface area contributed by atoms with E-state index in [9.17, 15) is 9.59 Å². The summed E-state index contributed by atoms with van der Waals surface area (Å²) in [5, 5.41) is 2.73. The molecule has 0 saturated carbocycles. The molecule has 1 aliphatic rings. The molecule has 1 saturated heterocycles. The molecule has 2 N–H and O–H groups in total. The maximum Gasteiger partial charge on any atom is 0.251 e. The number of carbonyl (C=O) groups excluding carboxylic acids is 2. The number of likely N-dealkylation sites (N-methyl/N-ethyl adjacent to an activating group) is 1. The van der Waals surface area contributed by atoms with Gasteiger partial charge in [0.05, 0.1) is 39.8 Å². The van der Waals surface area contributed by atoms with Crippen molar-refractivity contribution in [2.24, 2.45) is 0 Å². The van der Waals surface area contributed by atoms with E-state index in [4.69, 9.17) is 0 Å². The van der Waals surface area contributed by atoms with Gasteiger partial charge in [-0.25, -0.2) is 0 Å². The van der Waals surface area contributed by atoms with Crippen molar-refractivity contribution in [3.8, 4) is 11.1 Å². The van der Waals surface area contributed by atoms with Crippen LogP contribution in [0.3, 0.4) is 0 Å². The van der Waals surface area contributed by atoms with Crippen LogP contribution in [0, 0.1) is 0 Å². The third-order valence-electron chi connectivity index (χ3n) is 4.62. The molecule has 0 aromatic heterocycles. The molecule has 0 unspecified atom stereocenters. The first-order valence-corrected chi connectivity index (χ1v) is 8.66. The fourth-order valence-corrected chi connectivity index (χ4v) is 2.95. The molecule has 0 bridgehead atoms. The van der Waals surface area contributed by atoms with Gasteiger partial charge in [0.15, 0.2) is 0 Å².